The number of aryl methyl sites for hydroxylation is 1. The second-order valence-corrected chi connectivity index (χ2v) is 5.31. The average Bonchev–Trinajstić information content (AvgIpc) is 2.65. The van der Waals surface area contributed by atoms with Gasteiger partial charge in [-0.2, -0.15) is 0 Å². The highest BCUT2D eigenvalue weighted by atomic mass is 32.1. The quantitative estimate of drug-likeness (QED) is 0.718. The summed E-state index contributed by atoms with van der Waals surface area (Å²) in [5.41, 5.74) is 0. The van der Waals surface area contributed by atoms with Crippen molar-refractivity contribution in [3.63, 3.8) is 0 Å². The van der Waals surface area contributed by atoms with E-state index in [4.69, 9.17) is 0 Å². The van der Waals surface area contributed by atoms with Gasteiger partial charge >= 0.3 is 0 Å². The molecule has 2 nitrogen and oxygen atoms in total. The smallest absolute Gasteiger partial charge is 0.0299 e. The van der Waals surface area contributed by atoms with Crippen molar-refractivity contribution in [2.24, 2.45) is 0 Å². The van der Waals surface area contributed by atoms with Gasteiger partial charge in [0.1, 0.15) is 0 Å². The van der Waals surface area contributed by atoms with Gasteiger partial charge in [0.25, 0.3) is 0 Å². The largest absolute Gasteiger partial charge is 0.312 e. The molecule has 0 atom stereocenters. The summed E-state index contributed by atoms with van der Waals surface area (Å²) in [5, 5.41) is 3.48. The number of thiophene rings is 1. The predicted octanol–water partition coefficient (Wildman–Crippen LogP) is 2.35. The lowest BCUT2D eigenvalue weighted by molar-refractivity contribution is 0.394. The van der Waals surface area contributed by atoms with Crippen LogP contribution in [0.25, 0.3) is 0 Å². The number of nitrogens with zero attached hydrogens (tertiary/aromatic N) is 1. The van der Waals surface area contributed by atoms with Gasteiger partial charge in [-0.1, -0.05) is 6.92 Å². The Bertz CT molecular complexity index is 268. The summed E-state index contributed by atoms with van der Waals surface area (Å²) >= 11 is 1.92. The normalized spacial score (nSPS) is 11.2. The fourth-order valence-electron chi connectivity index (χ4n) is 1.44. The second kappa shape index (κ2) is 6.99. The summed E-state index contributed by atoms with van der Waals surface area (Å²) in [6, 6.07) is 4.48. The SMILES string of the molecule is CCc1ccc(CNCCCN(C)C)s1. The molecule has 0 aromatic carbocycles. The summed E-state index contributed by atoms with van der Waals surface area (Å²) in [6.07, 6.45) is 2.38. The van der Waals surface area contributed by atoms with E-state index < -0.39 is 0 Å². The summed E-state index contributed by atoms with van der Waals surface area (Å²) in [5.74, 6) is 0. The topological polar surface area (TPSA) is 15.3 Å². The number of nitrogens with one attached hydrogen (secondary N) is 1. The van der Waals surface area contributed by atoms with Gasteiger partial charge in [0.15, 0.2) is 0 Å². The second-order valence-electron chi connectivity index (χ2n) is 4.06. The number of hydrogen-bond acceptors (Lipinski definition) is 3. The highest BCUT2D eigenvalue weighted by Gasteiger charge is 1.97. The van der Waals surface area contributed by atoms with Crippen LogP contribution in [0.15, 0.2) is 12.1 Å². The van der Waals surface area contributed by atoms with Crippen LogP contribution in [0.3, 0.4) is 0 Å². The van der Waals surface area contributed by atoms with Gasteiger partial charge in [0, 0.05) is 16.3 Å². The number of rotatable bonds is 7. The Morgan fingerprint density at radius 1 is 1.27 bits per heavy atom. The van der Waals surface area contributed by atoms with Crippen LogP contribution < -0.4 is 5.32 Å². The fourth-order valence-corrected chi connectivity index (χ4v) is 2.37. The highest BCUT2D eigenvalue weighted by Crippen LogP contribution is 2.16. The molecule has 0 aliphatic heterocycles. The third-order valence-corrected chi connectivity index (χ3v) is 3.55. The molecule has 1 N–H and O–H groups in total. The summed E-state index contributed by atoms with van der Waals surface area (Å²) in [7, 11) is 4.24. The van der Waals surface area contributed by atoms with Crippen molar-refractivity contribution in [2.45, 2.75) is 26.3 Å². The van der Waals surface area contributed by atoms with Crippen LogP contribution in [0, 0.1) is 0 Å². The molecule has 1 aromatic heterocycles. The van der Waals surface area contributed by atoms with Crippen molar-refractivity contribution in [2.75, 3.05) is 27.2 Å². The van der Waals surface area contributed by atoms with Gasteiger partial charge in [-0.05, 0) is 52.2 Å². The first-order valence-electron chi connectivity index (χ1n) is 5.65. The Kier molecular flexibility index (Phi) is 5.91. The molecule has 0 saturated carbocycles. The van der Waals surface area contributed by atoms with Crippen molar-refractivity contribution in [3.8, 4) is 0 Å². The summed E-state index contributed by atoms with van der Waals surface area (Å²) in [6.45, 7) is 5.51. The molecule has 3 heteroatoms. The van der Waals surface area contributed by atoms with Crippen LogP contribution in [0.2, 0.25) is 0 Å². The zero-order chi connectivity index (χ0) is 11.1. The summed E-state index contributed by atoms with van der Waals surface area (Å²) < 4.78 is 0. The predicted molar refractivity (Wildman–Crippen MR) is 68.6 cm³/mol. The first-order valence-corrected chi connectivity index (χ1v) is 6.47. The molecule has 1 aromatic rings. The van der Waals surface area contributed by atoms with Gasteiger partial charge in [-0.15, -0.1) is 11.3 Å². The molecule has 0 spiro atoms. The van der Waals surface area contributed by atoms with E-state index in [0.29, 0.717) is 0 Å². The maximum absolute atomic E-state index is 3.48. The standard InChI is InChI=1S/C12H22N2S/c1-4-11-6-7-12(15-11)10-13-8-5-9-14(2)3/h6-7,13H,4-5,8-10H2,1-3H3. The molecule has 1 heterocycles. The molecule has 15 heavy (non-hydrogen) atoms. The Balaban J connectivity index is 2.09. The van der Waals surface area contributed by atoms with Crippen LogP contribution in [-0.2, 0) is 13.0 Å². The molecular weight excluding hydrogens is 204 g/mol. The van der Waals surface area contributed by atoms with E-state index in [1.165, 1.54) is 16.2 Å². The van der Waals surface area contributed by atoms with Crippen LogP contribution in [-0.4, -0.2) is 32.1 Å². The van der Waals surface area contributed by atoms with Gasteiger partial charge in [0.05, 0.1) is 0 Å². The van der Waals surface area contributed by atoms with Gasteiger partial charge in [-0.3, -0.25) is 0 Å². The van der Waals surface area contributed by atoms with Gasteiger partial charge in [-0.25, -0.2) is 0 Å². The van der Waals surface area contributed by atoms with Crippen LogP contribution in [0.5, 0.6) is 0 Å². The van der Waals surface area contributed by atoms with Gasteiger partial charge < -0.3 is 10.2 Å². The van der Waals surface area contributed by atoms with Crippen molar-refractivity contribution in [1.29, 1.82) is 0 Å². The van der Waals surface area contributed by atoms with E-state index >= 15 is 0 Å². The van der Waals surface area contributed by atoms with Crippen molar-refractivity contribution < 1.29 is 0 Å². The minimum atomic E-state index is 1.03. The molecule has 0 unspecified atom stereocenters. The van der Waals surface area contributed by atoms with Crippen LogP contribution >= 0.6 is 11.3 Å². The van der Waals surface area contributed by atoms with E-state index in [-0.39, 0.29) is 0 Å². The van der Waals surface area contributed by atoms with Crippen molar-refractivity contribution in [3.05, 3.63) is 21.9 Å². The van der Waals surface area contributed by atoms with Crippen molar-refractivity contribution >= 4 is 11.3 Å². The van der Waals surface area contributed by atoms with E-state index in [1.807, 2.05) is 11.3 Å². The third kappa shape index (κ3) is 5.30. The molecule has 0 radical (unpaired) electrons. The Hall–Kier alpha value is -0.380. The third-order valence-electron chi connectivity index (χ3n) is 2.32. The zero-order valence-corrected chi connectivity index (χ0v) is 10.9. The lowest BCUT2D eigenvalue weighted by atomic mass is 10.3. The lowest BCUT2D eigenvalue weighted by Crippen LogP contribution is -2.20. The van der Waals surface area contributed by atoms with Crippen LogP contribution in [0.1, 0.15) is 23.1 Å². The lowest BCUT2D eigenvalue weighted by Gasteiger charge is -2.09. The zero-order valence-electron chi connectivity index (χ0n) is 10.0. The maximum atomic E-state index is 3.48. The Labute approximate surface area is 97.3 Å². The minimum Gasteiger partial charge on any atom is -0.312 e. The monoisotopic (exact) mass is 226 g/mol. The van der Waals surface area contributed by atoms with E-state index in [9.17, 15) is 0 Å². The molecular formula is C12H22N2S. The van der Waals surface area contributed by atoms with Crippen molar-refractivity contribution in [1.82, 2.24) is 10.2 Å². The summed E-state index contributed by atoms with van der Waals surface area (Å²) in [4.78, 5) is 5.17. The fraction of sp³-hybridized carbons (Fsp3) is 0.667. The molecule has 86 valence electrons. The van der Waals surface area contributed by atoms with E-state index in [0.717, 1.165) is 26.1 Å². The minimum absolute atomic E-state index is 1.03. The molecule has 0 aliphatic carbocycles. The molecule has 0 aliphatic rings. The molecule has 1 rings (SSSR count). The Morgan fingerprint density at radius 2 is 2.00 bits per heavy atom. The van der Waals surface area contributed by atoms with E-state index in [1.54, 1.807) is 0 Å². The average molecular weight is 226 g/mol. The number of hydrogen-bond donors (Lipinski definition) is 1. The Morgan fingerprint density at radius 3 is 2.60 bits per heavy atom. The highest BCUT2D eigenvalue weighted by molar-refractivity contribution is 7.11. The van der Waals surface area contributed by atoms with Crippen LogP contribution in [0.4, 0.5) is 0 Å². The van der Waals surface area contributed by atoms with E-state index in [2.05, 4.69) is 43.4 Å². The molecule has 0 saturated heterocycles. The molecule has 0 bridgehead atoms. The molecule has 0 fully saturated rings. The molecule has 0 amide bonds. The van der Waals surface area contributed by atoms with Gasteiger partial charge in [0.2, 0.25) is 0 Å². The first-order chi connectivity index (χ1) is 7.22. The maximum Gasteiger partial charge on any atom is 0.0299 e. The first kappa shape index (κ1) is 12.7.